The summed E-state index contributed by atoms with van der Waals surface area (Å²) >= 11 is 0. The number of hydrogen-bond donors (Lipinski definition) is 0. The highest BCUT2D eigenvalue weighted by atomic mass is 14.3. The Morgan fingerprint density at radius 3 is 2.09 bits per heavy atom. The van der Waals surface area contributed by atoms with Crippen LogP contribution in [0.15, 0.2) is 17.2 Å². The van der Waals surface area contributed by atoms with Gasteiger partial charge in [0, 0.05) is 5.92 Å². The second-order valence-corrected chi connectivity index (χ2v) is 4.39. The van der Waals surface area contributed by atoms with E-state index in [-0.39, 0.29) is 0 Å². The Hall–Kier alpha value is -0.520. The van der Waals surface area contributed by atoms with E-state index in [4.69, 9.17) is 0 Å². The average molecular weight is 149 g/mol. The van der Waals surface area contributed by atoms with Gasteiger partial charge in [0.25, 0.3) is 0 Å². The second kappa shape index (κ2) is 2.51. The van der Waals surface area contributed by atoms with Crippen LogP contribution in [0.5, 0.6) is 0 Å². The highest BCUT2D eigenvalue weighted by Gasteiger charge is 2.22. The van der Waals surface area contributed by atoms with Gasteiger partial charge in [-0.1, -0.05) is 33.8 Å². The molecule has 0 bridgehead atoms. The molecule has 0 fully saturated rings. The molecule has 0 nitrogen and oxygen atoms in total. The van der Waals surface area contributed by atoms with Gasteiger partial charge in [-0.2, -0.15) is 0 Å². The van der Waals surface area contributed by atoms with Crippen LogP contribution in [0.2, 0.25) is 0 Å². The summed E-state index contributed by atoms with van der Waals surface area (Å²) in [6, 6.07) is 0. The molecule has 0 heteroatoms. The Bertz CT molecular complexity index is 211. The molecule has 0 aliphatic heterocycles. The first-order chi connectivity index (χ1) is 4.91. The molecule has 1 unspecified atom stereocenters. The fraction of sp³-hybridized carbons (Fsp3) is 0.636. The van der Waals surface area contributed by atoms with Crippen molar-refractivity contribution in [1.82, 2.24) is 0 Å². The van der Waals surface area contributed by atoms with Gasteiger partial charge in [0.05, 0.1) is 0 Å². The molecule has 1 rings (SSSR count). The zero-order valence-electron chi connectivity index (χ0n) is 8.15. The fourth-order valence-electron chi connectivity index (χ4n) is 1.65. The van der Waals surface area contributed by atoms with Crippen molar-refractivity contribution in [2.24, 2.45) is 11.3 Å². The van der Waals surface area contributed by atoms with Crippen molar-refractivity contribution < 1.29 is 0 Å². The first kappa shape index (κ1) is 8.58. The molecule has 0 aromatic rings. The Morgan fingerprint density at radius 2 is 1.91 bits per heavy atom. The zero-order valence-corrected chi connectivity index (χ0v) is 8.15. The van der Waals surface area contributed by atoms with Crippen molar-refractivity contribution in [2.45, 2.75) is 34.6 Å². The van der Waals surface area contributed by atoms with Gasteiger partial charge in [-0.05, 0) is 29.6 Å². The molecule has 1 atom stereocenters. The maximum absolute atomic E-state index is 3.40. The van der Waals surface area contributed by atoms with E-state index in [1.165, 1.54) is 11.1 Å². The smallest absolute Gasteiger partial charge is 0.000146 e. The maximum Gasteiger partial charge on any atom is 0.000146 e. The van der Waals surface area contributed by atoms with E-state index in [1.807, 2.05) is 0 Å². The molecule has 0 aromatic heterocycles. The van der Waals surface area contributed by atoms with E-state index in [0.29, 0.717) is 11.3 Å². The van der Waals surface area contributed by atoms with Gasteiger partial charge in [-0.25, -0.2) is 0 Å². The Balaban J connectivity index is 2.92. The lowest BCUT2D eigenvalue weighted by Crippen LogP contribution is -2.08. The van der Waals surface area contributed by atoms with Crippen molar-refractivity contribution in [3.63, 3.8) is 0 Å². The molecule has 0 aromatic carbocycles. The Morgan fingerprint density at radius 1 is 1.36 bits per heavy atom. The van der Waals surface area contributed by atoms with Crippen LogP contribution in [0.25, 0.3) is 0 Å². The molecule has 0 N–H and O–H groups in total. The van der Waals surface area contributed by atoms with Crippen LogP contribution >= 0.6 is 0 Å². The lowest BCUT2D eigenvalue weighted by atomic mass is 9.84. The molecule has 1 aliphatic carbocycles. The van der Waals surface area contributed by atoms with Crippen molar-refractivity contribution >= 4 is 0 Å². The molecular weight excluding hydrogens is 132 g/mol. The second-order valence-electron chi connectivity index (χ2n) is 4.39. The largest absolute Gasteiger partial charge is 0.0732 e. The van der Waals surface area contributed by atoms with Crippen molar-refractivity contribution in [3.05, 3.63) is 23.3 Å². The maximum atomic E-state index is 3.40. The predicted octanol–water partition coefficient (Wildman–Crippen LogP) is 3.36. The third-order valence-electron chi connectivity index (χ3n) is 2.07. The standard InChI is InChI=1S/C11H17/c1-8-6-9(2)10(7-8)11(3,4)5/h7-8H,1-5H3. The molecule has 11 heavy (non-hydrogen) atoms. The van der Waals surface area contributed by atoms with Crippen molar-refractivity contribution in [3.8, 4) is 0 Å². The van der Waals surface area contributed by atoms with Gasteiger partial charge in [0.2, 0.25) is 0 Å². The highest BCUT2D eigenvalue weighted by molar-refractivity contribution is 5.38. The summed E-state index contributed by atoms with van der Waals surface area (Å²) < 4.78 is 0. The first-order valence-corrected chi connectivity index (χ1v) is 4.24. The molecule has 1 radical (unpaired) electrons. The van der Waals surface area contributed by atoms with Crippen LogP contribution in [0.3, 0.4) is 0 Å². The Labute approximate surface area is 70.0 Å². The molecule has 0 saturated heterocycles. The Kier molecular flexibility index (Phi) is 1.96. The van der Waals surface area contributed by atoms with Crippen LogP contribution in [0.4, 0.5) is 0 Å². The summed E-state index contributed by atoms with van der Waals surface area (Å²) in [6.07, 6.45) is 5.71. The summed E-state index contributed by atoms with van der Waals surface area (Å²) in [5.41, 5.74) is 3.09. The number of hydrogen-bond acceptors (Lipinski definition) is 0. The summed E-state index contributed by atoms with van der Waals surface area (Å²) in [5, 5.41) is 0. The van der Waals surface area contributed by atoms with Gasteiger partial charge < -0.3 is 0 Å². The zero-order chi connectivity index (χ0) is 8.65. The van der Waals surface area contributed by atoms with Gasteiger partial charge in [-0.3, -0.25) is 0 Å². The monoisotopic (exact) mass is 149 g/mol. The SMILES string of the molecule is CC1=[C]C(C)C=C1C(C)(C)C. The summed E-state index contributed by atoms with van der Waals surface area (Å²) in [6.45, 7) is 11.1. The van der Waals surface area contributed by atoms with Crippen LogP contribution in [-0.4, -0.2) is 0 Å². The molecule has 0 saturated carbocycles. The number of rotatable bonds is 0. The minimum atomic E-state index is 0.293. The minimum absolute atomic E-state index is 0.293. The van der Waals surface area contributed by atoms with Gasteiger partial charge in [0.1, 0.15) is 0 Å². The van der Waals surface area contributed by atoms with Crippen LogP contribution in [-0.2, 0) is 0 Å². The molecule has 1 aliphatic rings. The topological polar surface area (TPSA) is 0 Å². The predicted molar refractivity (Wildman–Crippen MR) is 49.1 cm³/mol. The third-order valence-corrected chi connectivity index (χ3v) is 2.07. The normalized spacial score (nSPS) is 25.0. The third kappa shape index (κ3) is 1.74. The van der Waals surface area contributed by atoms with Crippen molar-refractivity contribution in [1.29, 1.82) is 0 Å². The molecule has 0 heterocycles. The lowest BCUT2D eigenvalue weighted by Gasteiger charge is -2.21. The highest BCUT2D eigenvalue weighted by Crippen LogP contribution is 2.36. The van der Waals surface area contributed by atoms with E-state index in [2.05, 4.69) is 46.8 Å². The lowest BCUT2D eigenvalue weighted by molar-refractivity contribution is 0.510. The summed E-state index contributed by atoms with van der Waals surface area (Å²) in [4.78, 5) is 0. The van der Waals surface area contributed by atoms with E-state index in [0.717, 1.165) is 0 Å². The van der Waals surface area contributed by atoms with E-state index >= 15 is 0 Å². The van der Waals surface area contributed by atoms with E-state index in [9.17, 15) is 0 Å². The van der Waals surface area contributed by atoms with E-state index < -0.39 is 0 Å². The van der Waals surface area contributed by atoms with E-state index in [1.54, 1.807) is 0 Å². The summed E-state index contributed by atoms with van der Waals surface area (Å²) in [7, 11) is 0. The van der Waals surface area contributed by atoms with Crippen LogP contribution in [0, 0.1) is 17.4 Å². The van der Waals surface area contributed by atoms with Crippen LogP contribution < -0.4 is 0 Å². The minimum Gasteiger partial charge on any atom is -0.0732 e. The van der Waals surface area contributed by atoms with Gasteiger partial charge in [-0.15, -0.1) is 0 Å². The van der Waals surface area contributed by atoms with Gasteiger partial charge in [0.15, 0.2) is 0 Å². The molecule has 61 valence electrons. The van der Waals surface area contributed by atoms with Crippen LogP contribution in [0.1, 0.15) is 34.6 Å². The average Bonchev–Trinajstić information content (AvgIpc) is 2.08. The van der Waals surface area contributed by atoms with Crippen molar-refractivity contribution in [2.75, 3.05) is 0 Å². The number of allylic oxidation sites excluding steroid dienone is 4. The molecular formula is C11H17. The van der Waals surface area contributed by atoms with Gasteiger partial charge >= 0.3 is 0 Å². The quantitative estimate of drug-likeness (QED) is 0.495. The molecule has 0 spiro atoms. The summed E-state index contributed by atoms with van der Waals surface area (Å²) in [5.74, 6) is 0.518. The molecule has 0 amide bonds. The first-order valence-electron chi connectivity index (χ1n) is 4.24. The fourth-order valence-corrected chi connectivity index (χ4v) is 1.65.